The molecule has 1 amide bonds. The Morgan fingerprint density at radius 2 is 2.24 bits per heavy atom. The Balaban J connectivity index is 2.89. The third-order valence-corrected chi connectivity index (χ3v) is 3.33. The van der Waals surface area contributed by atoms with Gasteiger partial charge in [0.25, 0.3) is 5.91 Å². The van der Waals surface area contributed by atoms with Crippen LogP contribution in [0.3, 0.4) is 0 Å². The standard InChI is InChI=1S/C12H22N4O/c1-8(2)12(4,7-13)14-11(17)10-6-9(3)15-16(10)5/h6,8H,7,13H2,1-5H3,(H,14,17). The highest BCUT2D eigenvalue weighted by atomic mass is 16.2. The summed E-state index contributed by atoms with van der Waals surface area (Å²) in [6.07, 6.45) is 0. The molecule has 1 aromatic rings. The second kappa shape index (κ2) is 4.87. The fourth-order valence-corrected chi connectivity index (χ4v) is 1.58. The summed E-state index contributed by atoms with van der Waals surface area (Å²) >= 11 is 0. The number of amides is 1. The van der Waals surface area contributed by atoms with Crippen molar-refractivity contribution in [1.29, 1.82) is 0 Å². The van der Waals surface area contributed by atoms with Crippen LogP contribution in [-0.4, -0.2) is 27.8 Å². The Morgan fingerprint density at radius 3 is 2.59 bits per heavy atom. The molecule has 96 valence electrons. The van der Waals surface area contributed by atoms with E-state index in [0.717, 1.165) is 5.69 Å². The smallest absolute Gasteiger partial charge is 0.270 e. The second-order valence-electron chi connectivity index (χ2n) is 5.02. The van der Waals surface area contributed by atoms with E-state index in [0.29, 0.717) is 12.2 Å². The molecule has 0 bridgehead atoms. The zero-order valence-corrected chi connectivity index (χ0v) is 11.2. The van der Waals surface area contributed by atoms with Crippen molar-refractivity contribution in [2.45, 2.75) is 33.2 Å². The van der Waals surface area contributed by atoms with Gasteiger partial charge in [0.05, 0.1) is 11.2 Å². The number of carbonyl (C=O) groups excluding carboxylic acids is 1. The fourth-order valence-electron chi connectivity index (χ4n) is 1.58. The summed E-state index contributed by atoms with van der Waals surface area (Å²) in [5, 5.41) is 7.15. The van der Waals surface area contributed by atoms with Gasteiger partial charge in [0, 0.05) is 13.6 Å². The van der Waals surface area contributed by atoms with Crippen LogP contribution >= 0.6 is 0 Å². The molecular formula is C12H22N4O. The van der Waals surface area contributed by atoms with Crippen LogP contribution in [0.15, 0.2) is 6.07 Å². The molecule has 0 fully saturated rings. The van der Waals surface area contributed by atoms with Crippen LogP contribution in [0.25, 0.3) is 0 Å². The lowest BCUT2D eigenvalue weighted by atomic mass is 9.88. The number of rotatable bonds is 4. The third kappa shape index (κ3) is 2.85. The van der Waals surface area contributed by atoms with E-state index in [4.69, 9.17) is 5.73 Å². The minimum absolute atomic E-state index is 0.130. The highest BCUT2D eigenvalue weighted by Crippen LogP contribution is 2.15. The van der Waals surface area contributed by atoms with Crippen LogP contribution in [0.4, 0.5) is 0 Å². The minimum Gasteiger partial charge on any atom is -0.344 e. The van der Waals surface area contributed by atoms with E-state index >= 15 is 0 Å². The van der Waals surface area contributed by atoms with Gasteiger partial charge in [-0.15, -0.1) is 0 Å². The van der Waals surface area contributed by atoms with Crippen LogP contribution in [0.1, 0.15) is 37.0 Å². The first-order valence-corrected chi connectivity index (χ1v) is 5.83. The molecule has 0 radical (unpaired) electrons. The molecule has 1 atom stereocenters. The molecule has 5 heteroatoms. The largest absolute Gasteiger partial charge is 0.344 e. The van der Waals surface area contributed by atoms with Gasteiger partial charge in [0.15, 0.2) is 0 Å². The van der Waals surface area contributed by atoms with E-state index in [1.165, 1.54) is 0 Å². The molecule has 1 rings (SSSR count). The molecule has 0 aliphatic rings. The van der Waals surface area contributed by atoms with E-state index in [9.17, 15) is 4.79 Å². The van der Waals surface area contributed by atoms with Crippen molar-refractivity contribution in [1.82, 2.24) is 15.1 Å². The van der Waals surface area contributed by atoms with Crippen LogP contribution in [0.2, 0.25) is 0 Å². The maximum atomic E-state index is 12.1. The Bertz CT molecular complexity index is 411. The lowest BCUT2D eigenvalue weighted by Gasteiger charge is -2.33. The van der Waals surface area contributed by atoms with E-state index in [1.54, 1.807) is 17.8 Å². The summed E-state index contributed by atoms with van der Waals surface area (Å²) in [6, 6.07) is 1.77. The van der Waals surface area contributed by atoms with Gasteiger partial charge < -0.3 is 11.1 Å². The Kier molecular flexibility index (Phi) is 3.93. The van der Waals surface area contributed by atoms with Gasteiger partial charge in [0.1, 0.15) is 5.69 Å². The lowest BCUT2D eigenvalue weighted by Crippen LogP contribution is -2.55. The average molecular weight is 238 g/mol. The molecule has 0 saturated carbocycles. The number of nitrogens with two attached hydrogens (primary N) is 1. The number of carbonyl (C=O) groups is 1. The number of aryl methyl sites for hydroxylation is 2. The molecule has 0 aromatic carbocycles. The van der Waals surface area contributed by atoms with Crippen LogP contribution in [0.5, 0.6) is 0 Å². The molecule has 1 unspecified atom stereocenters. The molecule has 0 aliphatic carbocycles. The monoisotopic (exact) mass is 238 g/mol. The molecule has 0 spiro atoms. The molecule has 1 aromatic heterocycles. The number of nitrogens with one attached hydrogen (secondary N) is 1. The summed E-state index contributed by atoms with van der Waals surface area (Å²) in [4.78, 5) is 12.1. The summed E-state index contributed by atoms with van der Waals surface area (Å²) in [7, 11) is 1.76. The van der Waals surface area contributed by atoms with Gasteiger partial charge in [0.2, 0.25) is 0 Å². The number of aromatic nitrogens is 2. The number of hydrogen-bond acceptors (Lipinski definition) is 3. The maximum Gasteiger partial charge on any atom is 0.270 e. The van der Waals surface area contributed by atoms with Gasteiger partial charge in [-0.1, -0.05) is 13.8 Å². The third-order valence-electron chi connectivity index (χ3n) is 3.33. The predicted octanol–water partition coefficient (Wildman–Crippen LogP) is 0.832. The van der Waals surface area contributed by atoms with Crippen molar-refractivity contribution in [3.8, 4) is 0 Å². The lowest BCUT2D eigenvalue weighted by molar-refractivity contribution is 0.0873. The number of hydrogen-bond donors (Lipinski definition) is 2. The van der Waals surface area contributed by atoms with Crippen molar-refractivity contribution in [2.24, 2.45) is 18.7 Å². The van der Waals surface area contributed by atoms with Crippen LogP contribution < -0.4 is 11.1 Å². The zero-order valence-electron chi connectivity index (χ0n) is 11.2. The molecule has 1 heterocycles. The van der Waals surface area contributed by atoms with Crippen molar-refractivity contribution in [2.75, 3.05) is 6.54 Å². The normalized spacial score (nSPS) is 14.8. The molecule has 5 nitrogen and oxygen atoms in total. The average Bonchev–Trinajstić information content (AvgIpc) is 2.57. The molecule has 0 saturated heterocycles. The van der Waals surface area contributed by atoms with E-state index in [2.05, 4.69) is 10.4 Å². The molecule has 3 N–H and O–H groups in total. The van der Waals surface area contributed by atoms with Gasteiger partial charge in [-0.2, -0.15) is 5.10 Å². The van der Waals surface area contributed by atoms with E-state index in [1.807, 2.05) is 27.7 Å². The van der Waals surface area contributed by atoms with E-state index < -0.39 is 5.54 Å². The first kappa shape index (κ1) is 13.7. The van der Waals surface area contributed by atoms with Gasteiger partial charge in [-0.05, 0) is 25.8 Å². The van der Waals surface area contributed by atoms with Gasteiger partial charge >= 0.3 is 0 Å². The molecular weight excluding hydrogens is 216 g/mol. The second-order valence-corrected chi connectivity index (χ2v) is 5.02. The predicted molar refractivity (Wildman–Crippen MR) is 67.7 cm³/mol. The molecule has 0 aliphatic heterocycles. The fraction of sp³-hybridized carbons (Fsp3) is 0.667. The molecule has 17 heavy (non-hydrogen) atoms. The summed E-state index contributed by atoms with van der Waals surface area (Å²) < 4.78 is 1.59. The van der Waals surface area contributed by atoms with Crippen LogP contribution in [0, 0.1) is 12.8 Å². The highest BCUT2D eigenvalue weighted by molar-refractivity contribution is 5.93. The zero-order chi connectivity index (χ0) is 13.2. The van der Waals surface area contributed by atoms with Crippen molar-refractivity contribution < 1.29 is 4.79 Å². The van der Waals surface area contributed by atoms with Crippen molar-refractivity contribution >= 4 is 5.91 Å². The minimum atomic E-state index is -0.394. The maximum absolute atomic E-state index is 12.1. The summed E-state index contributed by atoms with van der Waals surface area (Å²) in [5.41, 5.74) is 6.74. The Morgan fingerprint density at radius 1 is 1.65 bits per heavy atom. The summed E-state index contributed by atoms with van der Waals surface area (Å²) in [6.45, 7) is 8.32. The first-order valence-electron chi connectivity index (χ1n) is 5.83. The van der Waals surface area contributed by atoms with Crippen molar-refractivity contribution in [3.63, 3.8) is 0 Å². The van der Waals surface area contributed by atoms with Gasteiger partial charge in [-0.3, -0.25) is 9.48 Å². The van der Waals surface area contributed by atoms with Gasteiger partial charge in [-0.25, -0.2) is 0 Å². The SMILES string of the molecule is Cc1cc(C(=O)NC(C)(CN)C(C)C)n(C)n1. The Labute approximate surface area is 102 Å². The Hall–Kier alpha value is -1.36. The van der Waals surface area contributed by atoms with Crippen molar-refractivity contribution in [3.05, 3.63) is 17.5 Å². The number of nitrogens with zero attached hydrogens (tertiary/aromatic N) is 2. The summed E-state index contributed by atoms with van der Waals surface area (Å²) in [5.74, 6) is 0.139. The van der Waals surface area contributed by atoms with Crippen LogP contribution in [-0.2, 0) is 7.05 Å². The first-order chi connectivity index (χ1) is 7.80. The van der Waals surface area contributed by atoms with E-state index in [-0.39, 0.29) is 11.8 Å². The quantitative estimate of drug-likeness (QED) is 0.816. The topological polar surface area (TPSA) is 72.9 Å². The highest BCUT2D eigenvalue weighted by Gasteiger charge is 2.29.